The summed E-state index contributed by atoms with van der Waals surface area (Å²) in [6, 6.07) is 6.66. The van der Waals surface area contributed by atoms with Crippen LogP contribution in [0.1, 0.15) is 42.5 Å². The van der Waals surface area contributed by atoms with Gasteiger partial charge in [0.05, 0.1) is 10.5 Å². The van der Waals surface area contributed by atoms with Crippen molar-refractivity contribution in [2.75, 3.05) is 5.75 Å². The molecule has 0 radical (unpaired) electrons. The quantitative estimate of drug-likeness (QED) is 0.908. The first-order valence-corrected chi connectivity index (χ1v) is 10.1. The standard InChI is InChI=1S/C18H24N2O2S/c1-12-7-13(2)15-9-14(20-16(15)8-12)10-19-17-11-23(21,22)18(17)5-3-4-6-18/h7-9,17,19-20H,3-6,10-11H2,1-2H3. The molecule has 1 unspecified atom stereocenters. The number of aromatic amines is 1. The molecule has 1 aliphatic carbocycles. The van der Waals surface area contributed by atoms with Crippen LogP contribution in [0.15, 0.2) is 18.2 Å². The summed E-state index contributed by atoms with van der Waals surface area (Å²) in [4.78, 5) is 3.47. The van der Waals surface area contributed by atoms with Gasteiger partial charge in [0.1, 0.15) is 0 Å². The second kappa shape index (κ2) is 5.08. The minimum Gasteiger partial charge on any atom is -0.357 e. The monoisotopic (exact) mass is 332 g/mol. The third-order valence-corrected chi connectivity index (χ3v) is 8.48. The lowest BCUT2D eigenvalue weighted by atomic mass is 9.96. The Hall–Kier alpha value is -1.33. The molecule has 1 aromatic carbocycles. The minimum absolute atomic E-state index is 0.115. The Bertz CT molecular complexity index is 861. The van der Waals surface area contributed by atoms with E-state index in [0.29, 0.717) is 12.3 Å². The average Bonchev–Trinajstić information content (AvgIpc) is 3.11. The first kappa shape index (κ1) is 15.2. The van der Waals surface area contributed by atoms with Crippen LogP contribution in [-0.2, 0) is 16.4 Å². The lowest BCUT2D eigenvalue weighted by Gasteiger charge is -2.46. The fourth-order valence-electron chi connectivity index (χ4n) is 4.52. The molecule has 2 aromatic rings. The molecule has 0 amide bonds. The van der Waals surface area contributed by atoms with Crippen molar-refractivity contribution in [3.8, 4) is 0 Å². The van der Waals surface area contributed by atoms with Crippen molar-refractivity contribution in [2.45, 2.75) is 56.9 Å². The molecular formula is C18H24N2O2S. The van der Waals surface area contributed by atoms with Gasteiger partial charge in [-0.1, -0.05) is 18.9 Å². The van der Waals surface area contributed by atoms with E-state index >= 15 is 0 Å². The van der Waals surface area contributed by atoms with Crippen molar-refractivity contribution in [2.24, 2.45) is 0 Å². The van der Waals surface area contributed by atoms with Crippen LogP contribution in [0.25, 0.3) is 10.9 Å². The fourth-order valence-corrected chi connectivity index (χ4v) is 6.94. The van der Waals surface area contributed by atoms with Crippen LogP contribution in [0.2, 0.25) is 0 Å². The maximum atomic E-state index is 12.2. The molecule has 5 heteroatoms. The summed E-state index contributed by atoms with van der Waals surface area (Å²) in [6.45, 7) is 4.94. The number of nitrogens with one attached hydrogen (secondary N) is 2. The van der Waals surface area contributed by atoms with E-state index in [1.54, 1.807) is 0 Å². The Morgan fingerprint density at radius 3 is 2.65 bits per heavy atom. The normalized spacial score (nSPS) is 25.0. The van der Waals surface area contributed by atoms with Gasteiger partial charge in [0, 0.05) is 29.2 Å². The number of hydrogen-bond donors (Lipinski definition) is 2. The Balaban J connectivity index is 1.53. The van der Waals surface area contributed by atoms with E-state index in [-0.39, 0.29) is 6.04 Å². The van der Waals surface area contributed by atoms with Crippen molar-refractivity contribution in [3.05, 3.63) is 35.0 Å². The van der Waals surface area contributed by atoms with E-state index in [9.17, 15) is 8.42 Å². The summed E-state index contributed by atoms with van der Waals surface area (Å²) in [5.41, 5.74) is 4.83. The zero-order valence-corrected chi connectivity index (χ0v) is 14.6. The molecule has 2 heterocycles. The highest BCUT2D eigenvalue weighted by Crippen LogP contribution is 2.47. The van der Waals surface area contributed by atoms with E-state index < -0.39 is 14.6 Å². The van der Waals surface area contributed by atoms with Gasteiger partial charge in [0.2, 0.25) is 0 Å². The molecule has 2 aliphatic rings. The van der Waals surface area contributed by atoms with Crippen molar-refractivity contribution >= 4 is 20.7 Å². The Morgan fingerprint density at radius 2 is 1.96 bits per heavy atom. The van der Waals surface area contributed by atoms with Gasteiger partial charge in [0.15, 0.2) is 9.84 Å². The predicted octanol–water partition coefficient (Wildman–Crippen LogP) is 2.98. The lowest BCUT2D eigenvalue weighted by Crippen LogP contribution is -2.67. The molecule has 23 heavy (non-hydrogen) atoms. The molecule has 1 saturated heterocycles. The Morgan fingerprint density at radius 1 is 1.22 bits per heavy atom. The first-order chi connectivity index (χ1) is 10.9. The van der Waals surface area contributed by atoms with Crippen molar-refractivity contribution in [3.63, 3.8) is 0 Å². The first-order valence-electron chi connectivity index (χ1n) is 8.46. The molecule has 1 spiro atoms. The zero-order chi connectivity index (χ0) is 16.2. The van der Waals surface area contributed by atoms with Gasteiger partial charge < -0.3 is 10.3 Å². The van der Waals surface area contributed by atoms with Crippen LogP contribution in [0.4, 0.5) is 0 Å². The van der Waals surface area contributed by atoms with E-state index in [1.807, 2.05) is 0 Å². The van der Waals surface area contributed by atoms with E-state index in [4.69, 9.17) is 0 Å². The lowest BCUT2D eigenvalue weighted by molar-refractivity contribution is 0.348. The summed E-state index contributed by atoms with van der Waals surface area (Å²) >= 11 is 0. The number of H-pyrrole nitrogens is 1. The predicted molar refractivity (Wildman–Crippen MR) is 93.4 cm³/mol. The van der Waals surface area contributed by atoms with E-state index in [1.165, 1.54) is 16.5 Å². The highest BCUT2D eigenvalue weighted by Gasteiger charge is 2.60. The average molecular weight is 332 g/mol. The molecule has 1 aromatic heterocycles. The number of aromatic nitrogens is 1. The number of hydrogen-bond acceptors (Lipinski definition) is 3. The van der Waals surface area contributed by atoms with Crippen LogP contribution < -0.4 is 5.32 Å². The van der Waals surface area contributed by atoms with Crippen LogP contribution in [-0.4, -0.2) is 29.9 Å². The van der Waals surface area contributed by atoms with Gasteiger partial charge in [0.25, 0.3) is 0 Å². The molecule has 1 atom stereocenters. The second-order valence-corrected chi connectivity index (χ2v) is 9.70. The van der Waals surface area contributed by atoms with Gasteiger partial charge in [-0.2, -0.15) is 0 Å². The molecule has 0 bridgehead atoms. The fraction of sp³-hybridized carbons (Fsp3) is 0.556. The molecule has 4 rings (SSSR count). The van der Waals surface area contributed by atoms with Crippen molar-refractivity contribution in [1.29, 1.82) is 0 Å². The van der Waals surface area contributed by atoms with Crippen LogP contribution in [0.5, 0.6) is 0 Å². The van der Waals surface area contributed by atoms with Crippen molar-refractivity contribution in [1.82, 2.24) is 10.3 Å². The number of fused-ring (bicyclic) bond motifs is 1. The molecule has 1 saturated carbocycles. The van der Waals surface area contributed by atoms with E-state index in [0.717, 1.165) is 36.9 Å². The van der Waals surface area contributed by atoms with Crippen LogP contribution in [0.3, 0.4) is 0 Å². The maximum absolute atomic E-state index is 12.2. The number of sulfone groups is 1. The minimum atomic E-state index is -2.88. The zero-order valence-electron chi connectivity index (χ0n) is 13.8. The summed E-state index contributed by atoms with van der Waals surface area (Å²) < 4.78 is 24.0. The summed E-state index contributed by atoms with van der Waals surface area (Å²) in [5, 5.41) is 4.76. The van der Waals surface area contributed by atoms with Crippen LogP contribution >= 0.6 is 0 Å². The smallest absolute Gasteiger partial charge is 0.159 e. The molecule has 2 fully saturated rings. The van der Waals surface area contributed by atoms with Gasteiger partial charge in [-0.3, -0.25) is 0 Å². The van der Waals surface area contributed by atoms with Crippen molar-refractivity contribution < 1.29 is 8.42 Å². The Labute approximate surface area is 137 Å². The van der Waals surface area contributed by atoms with Gasteiger partial charge in [-0.15, -0.1) is 0 Å². The molecular weight excluding hydrogens is 308 g/mol. The van der Waals surface area contributed by atoms with Crippen LogP contribution in [0, 0.1) is 13.8 Å². The largest absolute Gasteiger partial charge is 0.357 e. The third-order valence-electron chi connectivity index (χ3n) is 5.77. The molecule has 124 valence electrons. The van der Waals surface area contributed by atoms with Gasteiger partial charge >= 0.3 is 0 Å². The van der Waals surface area contributed by atoms with E-state index in [2.05, 4.69) is 42.3 Å². The number of aryl methyl sites for hydroxylation is 2. The third kappa shape index (κ3) is 2.24. The second-order valence-electron chi connectivity index (χ2n) is 7.32. The SMILES string of the molecule is Cc1cc(C)c2cc(CNC3CS(=O)(=O)C34CCCC4)[nH]c2c1. The van der Waals surface area contributed by atoms with Gasteiger partial charge in [-0.05, 0) is 49.9 Å². The highest BCUT2D eigenvalue weighted by atomic mass is 32.2. The topological polar surface area (TPSA) is 62.0 Å². The maximum Gasteiger partial charge on any atom is 0.159 e. The molecule has 1 aliphatic heterocycles. The summed E-state index contributed by atoms with van der Waals surface area (Å²) in [6.07, 6.45) is 3.75. The highest BCUT2D eigenvalue weighted by molar-refractivity contribution is 7.94. The molecule has 2 N–H and O–H groups in total. The van der Waals surface area contributed by atoms with Gasteiger partial charge in [-0.25, -0.2) is 8.42 Å². The summed E-state index contributed by atoms with van der Waals surface area (Å²) in [7, 11) is -2.88. The summed E-state index contributed by atoms with van der Waals surface area (Å²) in [5.74, 6) is 0.297. The Kier molecular flexibility index (Phi) is 3.36. The number of benzene rings is 1. The molecule has 4 nitrogen and oxygen atoms in total. The number of rotatable bonds is 3.